The lowest BCUT2D eigenvalue weighted by molar-refractivity contribution is -0.00797. The molecule has 0 spiro atoms. The van der Waals surface area contributed by atoms with Crippen LogP contribution in [0.4, 0.5) is 4.79 Å². The SMILES string of the molecule is O=C1OCc2cncc(c2)C2NNC3CCC(CC32)OCC2CCN1C2. The van der Waals surface area contributed by atoms with Gasteiger partial charge in [-0.25, -0.2) is 10.2 Å². The molecule has 2 saturated heterocycles. The number of rotatable bonds is 0. The third-order valence-electron chi connectivity index (χ3n) is 6.35. The molecule has 1 aromatic heterocycles. The van der Waals surface area contributed by atoms with E-state index in [9.17, 15) is 4.79 Å². The fourth-order valence-corrected chi connectivity index (χ4v) is 4.90. The second kappa shape index (κ2) is 6.79. The third kappa shape index (κ3) is 3.08. The van der Waals surface area contributed by atoms with E-state index in [2.05, 4.69) is 21.9 Å². The summed E-state index contributed by atoms with van der Waals surface area (Å²) in [4.78, 5) is 18.5. The molecule has 0 aromatic carbocycles. The van der Waals surface area contributed by atoms with Crippen molar-refractivity contribution in [2.24, 2.45) is 11.8 Å². The van der Waals surface area contributed by atoms with Crippen LogP contribution in [0.25, 0.3) is 0 Å². The Bertz CT molecular complexity index is 685. The molecule has 3 aliphatic heterocycles. The number of hydrogen-bond acceptors (Lipinski definition) is 6. The minimum absolute atomic E-state index is 0.222. The molecule has 26 heavy (non-hydrogen) atoms. The number of amides is 1. The zero-order valence-electron chi connectivity index (χ0n) is 14.9. The molecule has 0 radical (unpaired) electrons. The van der Waals surface area contributed by atoms with Gasteiger partial charge in [0, 0.05) is 43.0 Å². The minimum atomic E-state index is -0.229. The van der Waals surface area contributed by atoms with Gasteiger partial charge < -0.3 is 14.4 Å². The van der Waals surface area contributed by atoms with Gasteiger partial charge in [-0.15, -0.1) is 0 Å². The van der Waals surface area contributed by atoms with Gasteiger partial charge in [-0.3, -0.25) is 10.4 Å². The highest BCUT2D eigenvalue weighted by Crippen LogP contribution is 2.39. The monoisotopic (exact) mass is 358 g/mol. The van der Waals surface area contributed by atoms with E-state index in [0.29, 0.717) is 24.0 Å². The zero-order valence-corrected chi connectivity index (χ0v) is 14.9. The van der Waals surface area contributed by atoms with Crippen molar-refractivity contribution in [3.05, 3.63) is 29.6 Å². The molecule has 5 atom stereocenters. The van der Waals surface area contributed by atoms with E-state index in [1.54, 1.807) is 6.20 Å². The van der Waals surface area contributed by atoms with Crippen LogP contribution in [-0.4, -0.2) is 47.8 Å². The van der Waals surface area contributed by atoms with Gasteiger partial charge in [0.15, 0.2) is 0 Å². The van der Waals surface area contributed by atoms with Crippen molar-refractivity contribution in [2.45, 2.75) is 50.5 Å². The van der Waals surface area contributed by atoms with Gasteiger partial charge >= 0.3 is 6.09 Å². The number of carbonyl (C=O) groups excluding carboxylic acids is 1. The number of cyclic esters (lactones) is 1. The zero-order chi connectivity index (χ0) is 17.5. The van der Waals surface area contributed by atoms with Crippen LogP contribution in [0, 0.1) is 11.8 Å². The minimum Gasteiger partial charge on any atom is -0.444 e. The molecule has 2 N–H and O–H groups in total. The maximum atomic E-state index is 12.3. The van der Waals surface area contributed by atoms with Gasteiger partial charge in [0.1, 0.15) is 6.61 Å². The van der Waals surface area contributed by atoms with Crippen molar-refractivity contribution < 1.29 is 14.3 Å². The lowest BCUT2D eigenvalue weighted by atomic mass is 9.78. The fraction of sp³-hybridized carbons (Fsp3) is 0.684. The third-order valence-corrected chi connectivity index (χ3v) is 6.35. The van der Waals surface area contributed by atoms with Crippen LogP contribution in [0.1, 0.15) is 42.9 Å². The summed E-state index contributed by atoms with van der Waals surface area (Å²) in [6, 6.07) is 2.82. The van der Waals surface area contributed by atoms with E-state index in [1.165, 1.54) is 0 Å². The molecule has 7 nitrogen and oxygen atoms in total. The average Bonchev–Trinajstić information content (AvgIpc) is 3.31. The number of ether oxygens (including phenoxy) is 2. The molecular weight excluding hydrogens is 332 g/mol. The number of hydrogen-bond donors (Lipinski definition) is 2. The summed E-state index contributed by atoms with van der Waals surface area (Å²) in [7, 11) is 0. The van der Waals surface area contributed by atoms with E-state index >= 15 is 0 Å². The van der Waals surface area contributed by atoms with Crippen molar-refractivity contribution >= 4 is 6.09 Å². The number of hydrazine groups is 1. The first-order chi connectivity index (χ1) is 12.8. The fourth-order valence-electron chi connectivity index (χ4n) is 4.90. The summed E-state index contributed by atoms with van der Waals surface area (Å²) in [6.07, 6.45) is 8.07. The Morgan fingerprint density at radius 3 is 3.12 bits per heavy atom. The highest BCUT2D eigenvalue weighted by Gasteiger charge is 2.42. The standard InChI is InChI=1S/C19H26N4O3/c24-19-23-4-3-12(9-23)10-25-15-1-2-17-16(6-15)18(22-21-17)14-5-13(11-26-19)7-20-8-14/h5,7-8,12,15-18,21-22H,1-4,6,9-11H2. The van der Waals surface area contributed by atoms with Gasteiger partial charge in [-0.05, 0) is 43.2 Å². The summed E-state index contributed by atoms with van der Waals surface area (Å²) in [5.74, 6) is 0.919. The van der Waals surface area contributed by atoms with E-state index < -0.39 is 0 Å². The molecule has 1 amide bonds. The largest absolute Gasteiger partial charge is 0.444 e. The molecule has 1 aromatic rings. The summed E-state index contributed by atoms with van der Waals surface area (Å²) in [5, 5.41) is 0. The maximum Gasteiger partial charge on any atom is 0.410 e. The lowest BCUT2D eigenvalue weighted by Crippen LogP contribution is -2.38. The smallest absolute Gasteiger partial charge is 0.410 e. The lowest BCUT2D eigenvalue weighted by Gasteiger charge is -2.33. The quantitative estimate of drug-likeness (QED) is 0.736. The van der Waals surface area contributed by atoms with Gasteiger partial charge in [0.05, 0.1) is 18.8 Å². The van der Waals surface area contributed by atoms with E-state index in [0.717, 1.165) is 56.5 Å². The second-order valence-electron chi connectivity index (χ2n) is 8.09. The normalized spacial score (nSPS) is 37.0. The van der Waals surface area contributed by atoms with Crippen LogP contribution >= 0.6 is 0 Å². The van der Waals surface area contributed by atoms with Crippen LogP contribution in [0.15, 0.2) is 18.5 Å². The highest BCUT2D eigenvalue weighted by molar-refractivity contribution is 5.68. The predicted molar refractivity (Wildman–Crippen MR) is 94.0 cm³/mol. The van der Waals surface area contributed by atoms with Gasteiger partial charge in [-0.1, -0.05) is 0 Å². The first-order valence-electron chi connectivity index (χ1n) is 9.74. The van der Waals surface area contributed by atoms with Crippen molar-refractivity contribution in [2.75, 3.05) is 19.7 Å². The average molecular weight is 358 g/mol. The summed E-state index contributed by atoms with van der Waals surface area (Å²) in [5.41, 5.74) is 9.02. The Kier molecular flexibility index (Phi) is 4.30. The number of carbonyl (C=O) groups is 1. The summed E-state index contributed by atoms with van der Waals surface area (Å²) >= 11 is 0. The van der Waals surface area contributed by atoms with Gasteiger partial charge in [0.25, 0.3) is 0 Å². The van der Waals surface area contributed by atoms with E-state index in [1.807, 2.05) is 11.1 Å². The number of fused-ring (bicyclic) bond motifs is 6. The molecule has 140 valence electrons. The van der Waals surface area contributed by atoms with Crippen molar-refractivity contribution in [1.82, 2.24) is 20.7 Å². The topological polar surface area (TPSA) is 75.7 Å². The highest BCUT2D eigenvalue weighted by atomic mass is 16.6. The maximum absolute atomic E-state index is 12.3. The number of aromatic nitrogens is 1. The molecule has 3 fully saturated rings. The number of pyridine rings is 1. The molecule has 7 heteroatoms. The van der Waals surface area contributed by atoms with Gasteiger partial charge in [0.2, 0.25) is 0 Å². The first-order valence-corrected chi connectivity index (χ1v) is 9.74. The molecule has 6 bridgehead atoms. The Balaban J connectivity index is 1.43. The molecular formula is C19H26N4O3. The Labute approximate surface area is 153 Å². The van der Waals surface area contributed by atoms with Crippen LogP contribution in [0.5, 0.6) is 0 Å². The van der Waals surface area contributed by atoms with E-state index in [4.69, 9.17) is 9.47 Å². The molecule has 5 rings (SSSR count). The van der Waals surface area contributed by atoms with E-state index in [-0.39, 0.29) is 18.7 Å². The number of nitrogens with one attached hydrogen (secondary N) is 2. The molecule has 5 unspecified atom stereocenters. The van der Waals surface area contributed by atoms with Crippen LogP contribution in [0.3, 0.4) is 0 Å². The Hall–Kier alpha value is -1.70. The summed E-state index contributed by atoms with van der Waals surface area (Å²) in [6.45, 7) is 2.51. The Morgan fingerprint density at radius 2 is 2.15 bits per heavy atom. The molecule has 1 aliphatic carbocycles. The van der Waals surface area contributed by atoms with Gasteiger partial charge in [-0.2, -0.15) is 0 Å². The van der Waals surface area contributed by atoms with Crippen LogP contribution in [0.2, 0.25) is 0 Å². The van der Waals surface area contributed by atoms with Crippen LogP contribution < -0.4 is 10.9 Å². The predicted octanol–water partition coefficient (Wildman–Crippen LogP) is 1.76. The molecule has 4 aliphatic rings. The number of nitrogens with zero attached hydrogens (tertiary/aromatic N) is 2. The summed E-state index contributed by atoms with van der Waals surface area (Å²) < 4.78 is 11.8. The van der Waals surface area contributed by atoms with Crippen LogP contribution in [-0.2, 0) is 16.1 Å². The second-order valence-corrected chi connectivity index (χ2v) is 8.09. The Morgan fingerprint density at radius 1 is 1.19 bits per heavy atom. The van der Waals surface area contributed by atoms with Crippen molar-refractivity contribution in [1.29, 1.82) is 0 Å². The first kappa shape index (κ1) is 16.5. The molecule has 1 saturated carbocycles. The van der Waals surface area contributed by atoms with Crippen molar-refractivity contribution in [3.63, 3.8) is 0 Å². The molecule has 4 heterocycles. The van der Waals surface area contributed by atoms with Crippen molar-refractivity contribution in [3.8, 4) is 0 Å².